The van der Waals surface area contributed by atoms with Gasteiger partial charge in [-0.2, -0.15) is 6.42 Å². The zero-order valence-electron chi connectivity index (χ0n) is 6.86. The second kappa shape index (κ2) is 7.69. The summed E-state index contributed by atoms with van der Waals surface area (Å²) in [5.41, 5.74) is 5.58. The normalized spacial score (nSPS) is 10.2. The van der Waals surface area contributed by atoms with Crippen LogP contribution in [0.25, 0.3) is 0 Å². The van der Waals surface area contributed by atoms with E-state index in [1.54, 1.807) is 7.11 Å². The Morgan fingerprint density at radius 2 is 2.00 bits per heavy atom. The Bertz CT molecular complexity index is 68.6. The monoisotopic (exact) mass is 317 g/mol. The summed E-state index contributed by atoms with van der Waals surface area (Å²) in [5.74, 6) is 0.639. The average Bonchev–Trinajstić information content (AvgIpc) is 1.63. The van der Waals surface area contributed by atoms with Crippen molar-refractivity contribution in [2.24, 2.45) is 11.7 Å². The largest absolute Gasteiger partial charge is 0.478 e. The Labute approximate surface area is 77.2 Å². The molecule has 0 saturated heterocycles. The van der Waals surface area contributed by atoms with E-state index in [4.69, 9.17) is 10.5 Å². The maximum Gasteiger partial charge on any atom is 0.0320 e. The van der Waals surface area contributed by atoms with Crippen molar-refractivity contribution < 1.29 is 25.2 Å². The average molecular weight is 316 g/mol. The number of rotatable bonds is 4. The summed E-state index contributed by atoms with van der Waals surface area (Å²) < 4.78 is 4.84. The summed E-state index contributed by atoms with van der Waals surface area (Å²) in [6, 6.07) is 0.938. The molecule has 0 aromatic rings. The number of hydrogen-bond acceptors (Lipinski definition) is 2. The van der Waals surface area contributed by atoms with Crippen LogP contribution in [0.4, 0.5) is 0 Å². The number of hydrogen-bond donors (Lipinski definition) is 1. The van der Waals surface area contributed by atoms with Crippen molar-refractivity contribution in [1.29, 1.82) is 0 Å². The van der Waals surface area contributed by atoms with Gasteiger partial charge in [-0.25, -0.2) is 6.04 Å². The van der Waals surface area contributed by atoms with Gasteiger partial charge in [-0.05, 0) is 0 Å². The molecule has 2 nitrogen and oxygen atoms in total. The molecule has 0 fully saturated rings. The molecule has 0 aromatic heterocycles. The van der Waals surface area contributed by atoms with Crippen molar-refractivity contribution in [2.45, 2.75) is 20.3 Å². The van der Waals surface area contributed by atoms with Gasteiger partial charge in [0, 0.05) is 27.5 Å². The molecular weight excluding hydrogens is 300 g/mol. The van der Waals surface area contributed by atoms with Crippen LogP contribution in [-0.4, -0.2) is 13.7 Å². The first kappa shape index (κ1) is 13.2. The minimum atomic E-state index is 0. The molecule has 0 atom stereocenters. The predicted molar refractivity (Wildman–Crippen MR) is 38.8 cm³/mol. The first-order chi connectivity index (χ1) is 4.16. The van der Waals surface area contributed by atoms with Crippen molar-refractivity contribution in [3.63, 3.8) is 0 Å². The maximum absolute atomic E-state index is 5.58. The van der Waals surface area contributed by atoms with E-state index in [-0.39, 0.29) is 20.4 Å². The zero-order chi connectivity index (χ0) is 7.28. The fourth-order valence-electron chi connectivity index (χ4n) is 0.769. The SMILES string of the molecule is COC[C-](N)CC(C)C.[Re]. The van der Waals surface area contributed by atoms with Gasteiger partial charge in [-0.3, -0.25) is 0 Å². The van der Waals surface area contributed by atoms with Crippen LogP contribution in [0.15, 0.2) is 0 Å². The fraction of sp³-hybridized carbons (Fsp3) is 0.857. The van der Waals surface area contributed by atoms with E-state index >= 15 is 0 Å². The molecule has 10 heavy (non-hydrogen) atoms. The van der Waals surface area contributed by atoms with Gasteiger partial charge in [-0.1, -0.05) is 26.4 Å². The van der Waals surface area contributed by atoms with Crippen molar-refractivity contribution >= 4 is 0 Å². The maximum atomic E-state index is 5.58. The second-order valence-corrected chi connectivity index (χ2v) is 2.69. The van der Waals surface area contributed by atoms with Crippen molar-refractivity contribution in [2.75, 3.05) is 13.7 Å². The molecule has 0 saturated carbocycles. The van der Waals surface area contributed by atoms with Crippen LogP contribution < -0.4 is 5.73 Å². The van der Waals surface area contributed by atoms with Crippen LogP contribution in [0.1, 0.15) is 20.3 Å². The Balaban J connectivity index is 0. The molecule has 0 rings (SSSR count). The van der Waals surface area contributed by atoms with E-state index in [2.05, 4.69) is 13.8 Å². The van der Waals surface area contributed by atoms with Crippen LogP contribution in [0.2, 0.25) is 0 Å². The molecule has 0 heterocycles. The molecular formula is C7H16NORe-. The van der Waals surface area contributed by atoms with Crippen LogP contribution >= 0.6 is 0 Å². The van der Waals surface area contributed by atoms with Gasteiger partial charge in [0.25, 0.3) is 0 Å². The number of methoxy groups -OCH3 is 1. The van der Waals surface area contributed by atoms with Gasteiger partial charge in [-0.15, -0.1) is 0 Å². The molecule has 2 N–H and O–H groups in total. The summed E-state index contributed by atoms with van der Waals surface area (Å²) in [7, 11) is 1.66. The minimum absolute atomic E-state index is 0. The van der Waals surface area contributed by atoms with E-state index in [9.17, 15) is 0 Å². The molecule has 0 amide bonds. The van der Waals surface area contributed by atoms with Gasteiger partial charge in [0.05, 0.1) is 0 Å². The number of nitrogens with two attached hydrogens (primary N) is 1. The van der Waals surface area contributed by atoms with Gasteiger partial charge in [0.2, 0.25) is 0 Å². The zero-order valence-corrected chi connectivity index (χ0v) is 9.57. The topological polar surface area (TPSA) is 35.2 Å². The minimum Gasteiger partial charge on any atom is -0.478 e. The Kier molecular flexibility index (Phi) is 10.1. The molecule has 0 aromatic carbocycles. The van der Waals surface area contributed by atoms with Crippen molar-refractivity contribution in [3.05, 3.63) is 6.04 Å². The quantitative estimate of drug-likeness (QED) is 0.790. The first-order valence-electron chi connectivity index (χ1n) is 3.26. The second-order valence-electron chi connectivity index (χ2n) is 2.69. The third-order valence-electron chi connectivity index (χ3n) is 1.00. The predicted octanol–water partition coefficient (Wildman–Crippen LogP) is 1.17. The van der Waals surface area contributed by atoms with Gasteiger partial charge in [0.1, 0.15) is 0 Å². The van der Waals surface area contributed by atoms with E-state index < -0.39 is 0 Å². The molecule has 3 heteroatoms. The summed E-state index contributed by atoms with van der Waals surface area (Å²) in [6.07, 6.45) is 0.966. The molecule has 0 bridgehead atoms. The Hall–Kier alpha value is 0.582. The van der Waals surface area contributed by atoms with Gasteiger partial charge in [0.15, 0.2) is 0 Å². The van der Waals surface area contributed by atoms with E-state index in [0.717, 1.165) is 12.5 Å². The van der Waals surface area contributed by atoms with E-state index in [0.29, 0.717) is 12.5 Å². The molecule has 1 radical (unpaired) electrons. The van der Waals surface area contributed by atoms with Gasteiger partial charge < -0.3 is 10.5 Å². The summed E-state index contributed by atoms with van der Waals surface area (Å²) >= 11 is 0. The van der Waals surface area contributed by atoms with Crippen molar-refractivity contribution in [1.82, 2.24) is 0 Å². The Morgan fingerprint density at radius 1 is 1.50 bits per heavy atom. The van der Waals surface area contributed by atoms with Crippen LogP contribution in [0, 0.1) is 12.0 Å². The molecule has 0 spiro atoms. The van der Waals surface area contributed by atoms with Crippen LogP contribution in [0.5, 0.6) is 0 Å². The molecule has 0 unspecified atom stereocenters. The van der Waals surface area contributed by atoms with E-state index in [1.165, 1.54) is 0 Å². The first-order valence-corrected chi connectivity index (χ1v) is 3.26. The van der Waals surface area contributed by atoms with Crippen molar-refractivity contribution in [3.8, 4) is 0 Å². The third-order valence-corrected chi connectivity index (χ3v) is 1.00. The molecule has 0 aliphatic carbocycles. The van der Waals surface area contributed by atoms with Crippen LogP contribution in [-0.2, 0) is 25.2 Å². The number of ether oxygens (including phenoxy) is 1. The summed E-state index contributed by atoms with van der Waals surface area (Å²) in [5, 5.41) is 0. The summed E-state index contributed by atoms with van der Waals surface area (Å²) in [6.45, 7) is 4.88. The molecule has 0 aliphatic rings. The summed E-state index contributed by atoms with van der Waals surface area (Å²) in [4.78, 5) is 0. The Morgan fingerprint density at radius 3 is 2.30 bits per heavy atom. The fourth-order valence-corrected chi connectivity index (χ4v) is 0.769. The van der Waals surface area contributed by atoms with Gasteiger partial charge >= 0.3 is 0 Å². The smallest absolute Gasteiger partial charge is 0.0320 e. The van der Waals surface area contributed by atoms with Crippen LogP contribution in [0.3, 0.4) is 0 Å². The standard InChI is InChI=1S/C7H16NO.Re/c1-6(2)4-7(8)5-9-3;/h6H,4-5,8H2,1-3H3;/q-1;. The molecule has 63 valence electrons. The third kappa shape index (κ3) is 8.58. The molecule has 0 aliphatic heterocycles. The van der Waals surface area contributed by atoms with E-state index in [1.807, 2.05) is 0 Å².